The summed E-state index contributed by atoms with van der Waals surface area (Å²) in [6.07, 6.45) is 17.1. The summed E-state index contributed by atoms with van der Waals surface area (Å²) in [5.41, 5.74) is 2.03. The van der Waals surface area contributed by atoms with E-state index in [1.54, 1.807) is 60.7 Å². The van der Waals surface area contributed by atoms with Crippen molar-refractivity contribution >= 4 is 50.4 Å². The van der Waals surface area contributed by atoms with Gasteiger partial charge in [-0.25, -0.2) is 23.7 Å². The summed E-state index contributed by atoms with van der Waals surface area (Å²) in [4.78, 5) is 122. The molecular formula is C94H117N11O18P2. The molecule has 3 aromatic heterocycles. The van der Waals surface area contributed by atoms with Crippen molar-refractivity contribution in [2.75, 3.05) is 89.7 Å². The molecule has 3 aliphatic heterocycles. The van der Waals surface area contributed by atoms with E-state index in [2.05, 4.69) is 37.4 Å². The molecule has 29 nitrogen and oxygen atoms in total. The largest absolute Gasteiger partial charge is 0.493 e. The van der Waals surface area contributed by atoms with Crippen molar-refractivity contribution in [1.29, 1.82) is 0 Å². The Morgan fingerprint density at radius 3 is 1.34 bits per heavy atom. The van der Waals surface area contributed by atoms with Crippen LogP contribution in [-0.4, -0.2) is 164 Å². The molecule has 0 saturated carbocycles. The van der Waals surface area contributed by atoms with Gasteiger partial charge >= 0.3 is 29.0 Å². The van der Waals surface area contributed by atoms with Crippen LogP contribution in [0.2, 0.25) is 0 Å². The number of nitrogens with one attached hydrogen (secondary N) is 3. The van der Waals surface area contributed by atoms with Crippen LogP contribution in [0.15, 0.2) is 214 Å². The minimum atomic E-state index is -4.13. The molecule has 0 bridgehead atoms. The van der Waals surface area contributed by atoms with Crippen LogP contribution in [0.5, 0.6) is 5.75 Å². The highest BCUT2D eigenvalue weighted by molar-refractivity contribution is 7.56. The van der Waals surface area contributed by atoms with E-state index in [4.69, 9.17) is 37.5 Å². The number of H-pyrrole nitrogens is 1. The Kier molecular flexibility index (Phi) is 34.2. The number of unbranched alkanes of at least 4 members (excludes halogenated alkanes) is 15. The van der Waals surface area contributed by atoms with Crippen LogP contribution in [0.3, 0.4) is 0 Å². The van der Waals surface area contributed by atoms with Crippen LogP contribution in [0.4, 0.5) is 11.6 Å². The first-order chi connectivity index (χ1) is 60.4. The number of benzene rings is 6. The van der Waals surface area contributed by atoms with E-state index in [9.17, 15) is 38.4 Å². The zero-order valence-corrected chi connectivity index (χ0v) is 74.1. The summed E-state index contributed by atoms with van der Waals surface area (Å²) in [5.74, 6) is -1.74. The smallest absolute Gasteiger partial charge is 0.351 e. The SMILES string of the molecule is CCCCCCCCCCCCCCCCCCOc1cc(COC(=O)CCC(=O)OCC2CN(P(C)(=O)OCC3CN(P(C)(=O)OCC4CN(C(c5ccccc5)(c5ccccc5)c5ccccc5)CC(n5ccc(NC(=O)c6ccccc6)nc5=O)O4)CC(n4cc(C)c(=O)[nH]c4=O)O3)CC(n3ccc(NC(=O)c4ccccc4)nc3=O)O2)cc(C)c1C. The van der Waals surface area contributed by atoms with Gasteiger partial charge in [0, 0.05) is 74.8 Å². The third kappa shape index (κ3) is 25.9. The fraction of sp³-hybridized carbons (Fsp3) is 0.447. The Hall–Kier alpha value is -10.4. The first-order valence-corrected chi connectivity index (χ1v) is 47.6. The zero-order valence-electron chi connectivity index (χ0n) is 72.3. The van der Waals surface area contributed by atoms with Gasteiger partial charge in [-0.2, -0.15) is 9.97 Å². The third-order valence-corrected chi connectivity index (χ3v) is 27.0. The molecule has 666 valence electrons. The molecule has 6 heterocycles. The lowest BCUT2D eigenvalue weighted by atomic mass is 9.75. The number of aromatic nitrogens is 6. The van der Waals surface area contributed by atoms with Gasteiger partial charge in [-0.1, -0.05) is 237 Å². The van der Waals surface area contributed by atoms with E-state index >= 15 is 9.13 Å². The first kappa shape index (κ1) is 93.7. The number of aryl methyl sites for hydroxylation is 2. The Morgan fingerprint density at radius 1 is 0.480 bits per heavy atom. The molecule has 0 spiro atoms. The average Bonchev–Trinajstić information content (AvgIpc) is 0.727. The lowest BCUT2D eigenvalue weighted by Gasteiger charge is -2.50. The second-order valence-electron chi connectivity index (χ2n) is 32.4. The summed E-state index contributed by atoms with van der Waals surface area (Å²) >= 11 is 0. The molecule has 0 radical (unpaired) electrons. The molecule has 3 saturated heterocycles. The number of ether oxygens (including phenoxy) is 6. The maximum atomic E-state index is 15.8. The number of hydrogen-bond acceptors (Lipinski definition) is 21. The molecule has 125 heavy (non-hydrogen) atoms. The maximum Gasteiger partial charge on any atom is 0.351 e. The Bertz CT molecular complexity index is 5300. The van der Waals surface area contributed by atoms with Gasteiger partial charge in [0.1, 0.15) is 36.7 Å². The summed E-state index contributed by atoms with van der Waals surface area (Å²) in [6.45, 7) is 9.02. The van der Waals surface area contributed by atoms with E-state index in [0.717, 1.165) is 61.1 Å². The highest BCUT2D eigenvalue weighted by Gasteiger charge is 2.48. The number of anilines is 2. The van der Waals surface area contributed by atoms with Crippen molar-refractivity contribution in [3.05, 3.63) is 286 Å². The third-order valence-electron chi connectivity index (χ3n) is 23.1. The van der Waals surface area contributed by atoms with Crippen molar-refractivity contribution in [2.24, 2.45) is 0 Å². The second kappa shape index (κ2) is 45.6. The van der Waals surface area contributed by atoms with Gasteiger partial charge in [0.2, 0.25) is 0 Å². The molecule has 9 aromatic rings. The van der Waals surface area contributed by atoms with Gasteiger partial charge in [-0.3, -0.25) is 56.7 Å². The molecule has 6 aromatic carbocycles. The predicted molar refractivity (Wildman–Crippen MR) is 477 cm³/mol. The van der Waals surface area contributed by atoms with E-state index in [0.29, 0.717) is 17.7 Å². The molecule has 12 rings (SSSR count). The molecule has 2 amide bonds. The Labute approximate surface area is 729 Å². The van der Waals surface area contributed by atoms with Crippen molar-refractivity contribution in [3.63, 3.8) is 0 Å². The van der Waals surface area contributed by atoms with Crippen LogP contribution < -0.4 is 38.0 Å². The topological polar surface area (TPSA) is 335 Å². The first-order valence-electron chi connectivity index (χ1n) is 43.5. The fourth-order valence-electron chi connectivity index (χ4n) is 16.1. The number of esters is 2. The number of amides is 2. The van der Waals surface area contributed by atoms with Crippen molar-refractivity contribution < 1.29 is 65.8 Å². The predicted octanol–water partition coefficient (Wildman–Crippen LogP) is 15.5. The van der Waals surface area contributed by atoms with Crippen LogP contribution in [0, 0.1) is 20.8 Å². The van der Waals surface area contributed by atoms with E-state index in [1.165, 1.54) is 155 Å². The number of aromatic amines is 1. The molecule has 0 aliphatic carbocycles. The van der Waals surface area contributed by atoms with Gasteiger partial charge in [0.05, 0.1) is 63.5 Å². The van der Waals surface area contributed by atoms with E-state index in [1.807, 2.05) is 117 Å². The number of rotatable bonds is 44. The molecule has 3 fully saturated rings. The van der Waals surface area contributed by atoms with Gasteiger partial charge in [-0.05, 0) is 103 Å². The number of morpholine rings is 3. The van der Waals surface area contributed by atoms with Crippen LogP contribution >= 0.6 is 15.0 Å². The van der Waals surface area contributed by atoms with Crippen molar-refractivity contribution in [3.8, 4) is 5.75 Å². The Balaban J connectivity index is 0.718. The second-order valence-corrected chi connectivity index (χ2v) is 37.3. The quantitative estimate of drug-likeness (QED) is 0.0138. The molecule has 3 N–H and O–H groups in total. The monoisotopic (exact) mass is 1750 g/mol. The lowest BCUT2D eigenvalue weighted by molar-refractivity contribution is -0.161. The van der Waals surface area contributed by atoms with Crippen LogP contribution in [0.25, 0.3) is 0 Å². The van der Waals surface area contributed by atoms with Gasteiger partial charge in [-0.15, -0.1) is 0 Å². The van der Waals surface area contributed by atoms with E-state index < -0.39 is 117 Å². The fourth-order valence-corrected chi connectivity index (χ4v) is 19.2. The normalized spacial score (nSPS) is 18.7. The van der Waals surface area contributed by atoms with Crippen LogP contribution in [0.1, 0.15) is 201 Å². The number of carbonyl (C=O) groups is 4. The van der Waals surface area contributed by atoms with Gasteiger partial charge in [0.15, 0.2) is 18.7 Å². The van der Waals surface area contributed by atoms with Crippen molar-refractivity contribution in [2.45, 2.75) is 192 Å². The summed E-state index contributed by atoms with van der Waals surface area (Å²) in [6, 6.07) is 53.3. The average molecular weight is 1750 g/mol. The zero-order chi connectivity index (χ0) is 88.3. The van der Waals surface area contributed by atoms with E-state index in [-0.39, 0.29) is 82.5 Å². The standard InChI is InChI=1S/C94H117N11O18P2/c1-7-8-9-10-11-12-13-14-15-16-17-18-19-20-21-37-54-116-80-56-71(55-68(2)70(80)4)64-117-86(106)48-49-87(107)118-65-78-59-101(62-84(122-78)104-53-51-82(98-92(104)112)96-90(110)73-40-29-23-30-41-73)124(5,114)120-67-79-60-102(63-85(123-79)105-57-69(3)88(108)99-93(105)113)125(6,115)119-66-77-58-100(61-83(121-77)103-52-50-81(97-91(103)111)95-89(109)72-38-27-22-28-39-72)94(74-42-31-24-32-43-74,75-44-33-25-34-45-75)76-46-35-26-36-47-76/h22-36,38-47,50-53,55-57,77-79,83-85H,7-21,37,48-49,54,58-67H2,1-6H3,(H,99,108,113)(H,95,97,109,111)(H,96,98,110,112). The number of nitrogens with zero attached hydrogens (tertiary/aromatic N) is 8. The Morgan fingerprint density at radius 2 is 0.888 bits per heavy atom. The van der Waals surface area contributed by atoms with Crippen molar-refractivity contribution in [1.82, 2.24) is 42.9 Å². The highest BCUT2D eigenvalue weighted by atomic mass is 31.2. The highest BCUT2D eigenvalue weighted by Crippen LogP contribution is 2.53. The number of hydrogen-bond donors (Lipinski definition) is 3. The molecule has 3 aliphatic rings. The molecule has 8 unspecified atom stereocenters. The lowest BCUT2D eigenvalue weighted by Crippen LogP contribution is -2.58. The number of carbonyl (C=O) groups excluding carboxylic acids is 4. The summed E-state index contributed by atoms with van der Waals surface area (Å²) < 4.78 is 88.7. The van der Waals surface area contributed by atoms with Gasteiger partial charge in [0.25, 0.3) is 32.4 Å². The van der Waals surface area contributed by atoms with Gasteiger partial charge < -0.3 is 48.1 Å². The minimum absolute atomic E-state index is 0.00963. The molecule has 8 atom stereocenters. The minimum Gasteiger partial charge on any atom is -0.493 e. The van der Waals surface area contributed by atoms with Crippen LogP contribution in [-0.2, 0) is 63.6 Å². The maximum absolute atomic E-state index is 15.8. The summed E-state index contributed by atoms with van der Waals surface area (Å²) in [7, 11) is -8.25. The molecule has 31 heteroatoms. The summed E-state index contributed by atoms with van der Waals surface area (Å²) in [5, 5.41) is 5.36. The molecular weight excluding hydrogens is 1630 g/mol.